The quantitative estimate of drug-likeness (QED) is 0.737. The largest absolute Gasteiger partial charge is 0.390 e. The first kappa shape index (κ1) is 21.6. The molecule has 0 radical (unpaired) electrons. The molecule has 0 aliphatic carbocycles. The number of benzene rings is 1. The van der Waals surface area contributed by atoms with E-state index in [9.17, 15) is 19.1 Å². The highest BCUT2D eigenvalue weighted by Crippen LogP contribution is 2.30. The van der Waals surface area contributed by atoms with Gasteiger partial charge < -0.3 is 20.2 Å². The van der Waals surface area contributed by atoms with Gasteiger partial charge in [0.1, 0.15) is 11.5 Å². The SMILES string of the molecule is CN1CC(C(C)(C)O)Cn2nc3c(c2C1=O)CN(C(=O)Nc1ccc(F)c(Cl)c1)CC3. The number of rotatable bonds is 2. The van der Waals surface area contributed by atoms with Gasteiger partial charge in [0.15, 0.2) is 0 Å². The molecule has 3 heterocycles. The first-order chi connectivity index (χ1) is 14.5. The van der Waals surface area contributed by atoms with Crippen LogP contribution in [0.4, 0.5) is 14.9 Å². The number of anilines is 1. The van der Waals surface area contributed by atoms with Gasteiger partial charge in [-0.1, -0.05) is 11.6 Å². The summed E-state index contributed by atoms with van der Waals surface area (Å²) in [6.07, 6.45) is 0.511. The Kier molecular flexibility index (Phi) is 5.43. The van der Waals surface area contributed by atoms with Crippen LogP contribution in [0.3, 0.4) is 0 Å². The molecule has 0 saturated carbocycles. The number of halogens is 2. The van der Waals surface area contributed by atoms with Crippen LogP contribution in [0.1, 0.15) is 35.6 Å². The van der Waals surface area contributed by atoms with E-state index in [0.717, 1.165) is 11.3 Å². The van der Waals surface area contributed by atoms with E-state index in [0.29, 0.717) is 37.4 Å². The lowest BCUT2D eigenvalue weighted by atomic mass is 9.91. The van der Waals surface area contributed by atoms with Gasteiger partial charge in [-0.2, -0.15) is 5.10 Å². The minimum absolute atomic E-state index is 0.0734. The van der Waals surface area contributed by atoms with E-state index in [1.54, 1.807) is 35.4 Å². The average molecular weight is 450 g/mol. The van der Waals surface area contributed by atoms with Crippen molar-refractivity contribution in [1.29, 1.82) is 0 Å². The van der Waals surface area contributed by atoms with Crippen LogP contribution in [0.15, 0.2) is 18.2 Å². The Bertz CT molecular complexity index is 1050. The summed E-state index contributed by atoms with van der Waals surface area (Å²) in [5.41, 5.74) is 1.41. The van der Waals surface area contributed by atoms with Gasteiger partial charge in [0.25, 0.3) is 5.91 Å². The molecule has 31 heavy (non-hydrogen) atoms. The summed E-state index contributed by atoms with van der Waals surface area (Å²) in [5, 5.41) is 17.8. The maximum atomic E-state index is 13.4. The molecule has 166 valence electrons. The third kappa shape index (κ3) is 4.12. The van der Waals surface area contributed by atoms with Gasteiger partial charge >= 0.3 is 6.03 Å². The van der Waals surface area contributed by atoms with E-state index >= 15 is 0 Å². The summed E-state index contributed by atoms with van der Waals surface area (Å²) in [6.45, 7) is 4.97. The number of carbonyl (C=O) groups excluding carboxylic acids is 2. The highest BCUT2D eigenvalue weighted by molar-refractivity contribution is 6.31. The fourth-order valence-electron chi connectivity index (χ4n) is 4.06. The van der Waals surface area contributed by atoms with Crippen molar-refractivity contribution in [2.45, 2.75) is 39.0 Å². The van der Waals surface area contributed by atoms with Crippen LogP contribution in [0.2, 0.25) is 5.02 Å². The first-order valence-electron chi connectivity index (χ1n) is 10.1. The molecule has 3 amide bonds. The second-order valence-electron chi connectivity index (χ2n) is 8.72. The monoisotopic (exact) mass is 449 g/mol. The van der Waals surface area contributed by atoms with Crippen LogP contribution >= 0.6 is 11.6 Å². The summed E-state index contributed by atoms with van der Waals surface area (Å²) < 4.78 is 15.0. The zero-order valence-corrected chi connectivity index (χ0v) is 18.4. The fraction of sp³-hybridized carbons (Fsp3) is 0.476. The highest BCUT2D eigenvalue weighted by atomic mass is 35.5. The van der Waals surface area contributed by atoms with Crippen LogP contribution < -0.4 is 5.32 Å². The van der Waals surface area contributed by atoms with E-state index in [1.807, 2.05) is 0 Å². The highest BCUT2D eigenvalue weighted by Gasteiger charge is 2.38. The lowest BCUT2D eigenvalue weighted by Gasteiger charge is -2.30. The molecule has 2 aliphatic heterocycles. The smallest absolute Gasteiger partial charge is 0.322 e. The lowest BCUT2D eigenvalue weighted by molar-refractivity contribution is -0.000167. The second-order valence-corrected chi connectivity index (χ2v) is 9.13. The molecule has 0 saturated heterocycles. The molecule has 8 nitrogen and oxygen atoms in total. The molecule has 2 aromatic rings. The summed E-state index contributed by atoms with van der Waals surface area (Å²) in [7, 11) is 1.71. The molecular formula is C21H25ClFN5O3. The molecule has 0 fully saturated rings. The number of carbonyl (C=O) groups is 2. The van der Waals surface area contributed by atoms with Gasteiger partial charge in [0.05, 0.1) is 22.9 Å². The Balaban J connectivity index is 1.58. The molecule has 0 bridgehead atoms. The van der Waals surface area contributed by atoms with Crippen LogP contribution in [-0.2, 0) is 19.5 Å². The van der Waals surface area contributed by atoms with Crippen molar-refractivity contribution >= 4 is 29.2 Å². The van der Waals surface area contributed by atoms with Gasteiger partial charge in [0.2, 0.25) is 0 Å². The number of hydrogen-bond donors (Lipinski definition) is 2. The fourth-order valence-corrected chi connectivity index (χ4v) is 4.24. The molecule has 1 aromatic carbocycles. The number of fused-ring (bicyclic) bond motifs is 3. The third-order valence-corrected chi connectivity index (χ3v) is 6.28. The molecule has 1 aromatic heterocycles. The van der Waals surface area contributed by atoms with Crippen molar-refractivity contribution in [2.24, 2.45) is 5.92 Å². The van der Waals surface area contributed by atoms with E-state index in [1.165, 1.54) is 18.2 Å². The average Bonchev–Trinajstić information content (AvgIpc) is 2.99. The molecule has 10 heteroatoms. The molecule has 1 atom stereocenters. The molecule has 0 spiro atoms. The van der Waals surface area contributed by atoms with E-state index in [4.69, 9.17) is 11.6 Å². The van der Waals surface area contributed by atoms with Gasteiger partial charge in [-0.25, -0.2) is 9.18 Å². The van der Waals surface area contributed by atoms with Gasteiger partial charge in [0, 0.05) is 50.3 Å². The zero-order chi connectivity index (χ0) is 22.5. The summed E-state index contributed by atoms with van der Waals surface area (Å²) in [4.78, 5) is 29.1. The standard InChI is InChI=1S/C21H25ClFN5O3/c1-21(2,31)12-9-26(3)19(29)18-14-11-27(7-6-17(14)25-28(18)10-12)20(30)24-13-4-5-16(23)15(22)8-13/h4-5,8,12,31H,6-7,9-11H2,1-3H3,(H,24,30). The second kappa shape index (κ2) is 7.80. The van der Waals surface area contributed by atoms with Crippen molar-refractivity contribution in [2.75, 3.05) is 25.5 Å². The Labute approximate surface area is 184 Å². The van der Waals surface area contributed by atoms with Gasteiger partial charge in [-0.05, 0) is 32.0 Å². The van der Waals surface area contributed by atoms with E-state index in [-0.39, 0.29) is 29.4 Å². The predicted octanol–water partition coefficient (Wildman–Crippen LogP) is 2.74. The third-order valence-electron chi connectivity index (χ3n) is 6.00. The minimum atomic E-state index is -0.967. The maximum Gasteiger partial charge on any atom is 0.322 e. The number of aliphatic hydroxyl groups is 1. The molecule has 1 unspecified atom stereocenters. The number of urea groups is 1. The Hall–Kier alpha value is -2.65. The van der Waals surface area contributed by atoms with Crippen molar-refractivity contribution < 1.29 is 19.1 Å². The lowest BCUT2D eigenvalue weighted by Crippen LogP contribution is -2.41. The molecular weight excluding hydrogens is 425 g/mol. The van der Waals surface area contributed by atoms with Crippen LogP contribution in [-0.4, -0.2) is 62.4 Å². The summed E-state index contributed by atoms with van der Waals surface area (Å²) in [5.74, 6) is -0.906. The van der Waals surface area contributed by atoms with Crippen LogP contribution in [0.5, 0.6) is 0 Å². The van der Waals surface area contributed by atoms with Crippen molar-refractivity contribution in [3.8, 4) is 0 Å². The molecule has 2 aliphatic rings. The number of nitrogens with one attached hydrogen (secondary N) is 1. The Morgan fingerprint density at radius 1 is 1.35 bits per heavy atom. The topological polar surface area (TPSA) is 90.7 Å². The maximum absolute atomic E-state index is 13.4. The number of amides is 3. The normalized spacial score (nSPS) is 19.0. The number of hydrogen-bond acceptors (Lipinski definition) is 4. The van der Waals surface area contributed by atoms with E-state index < -0.39 is 11.4 Å². The molecule has 2 N–H and O–H groups in total. The first-order valence-corrected chi connectivity index (χ1v) is 10.5. The van der Waals surface area contributed by atoms with E-state index in [2.05, 4.69) is 10.4 Å². The van der Waals surface area contributed by atoms with Crippen molar-refractivity contribution in [1.82, 2.24) is 19.6 Å². The zero-order valence-electron chi connectivity index (χ0n) is 17.7. The predicted molar refractivity (Wildman–Crippen MR) is 114 cm³/mol. The van der Waals surface area contributed by atoms with Crippen LogP contribution in [0.25, 0.3) is 0 Å². The van der Waals surface area contributed by atoms with Crippen LogP contribution in [0, 0.1) is 11.7 Å². The minimum Gasteiger partial charge on any atom is -0.390 e. The van der Waals surface area contributed by atoms with Gasteiger partial charge in [-0.3, -0.25) is 9.48 Å². The number of aromatic nitrogens is 2. The molecule has 4 rings (SSSR count). The Morgan fingerprint density at radius 2 is 2.10 bits per heavy atom. The van der Waals surface area contributed by atoms with Crippen molar-refractivity contribution in [3.63, 3.8) is 0 Å². The summed E-state index contributed by atoms with van der Waals surface area (Å²) >= 11 is 5.79. The Morgan fingerprint density at radius 3 is 2.77 bits per heavy atom. The van der Waals surface area contributed by atoms with Crippen molar-refractivity contribution in [3.05, 3.63) is 46.0 Å². The van der Waals surface area contributed by atoms with Gasteiger partial charge in [-0.15, -0.1) is 0 Å². The number of nitrogens with zero attached hydrogens (tertiary/aromatic N) is 4. The summed E-state index contributed by atoms with van der Waals surface area (Å²) in [6, 6.07) is 3.62.